The van der Waals surface area contributed by atoms with Crippen LogP contribution in [-0.4, -0.2) is 38.6 Å². The number of ether oxygens (including phenoxy) is 1. The predicted molar refractivity (Wildman–Crippen MR) is 91.5 cm³/mol. The molecule has 2 nitrogen and oxygen atoms in total. The van der Waals surface area contributed by atoms with Crippen LogP contribution in [0, 0.1) is 11.8 Å². The molecule has 3 atom stereocenters. The molecule has 0 aromatic heterocycles. The van der Waals surface area contributed by atoms with E-state index < -0.39 is 0 Å². The number of halogens is 1. The lowest BCUT2D eigenvalue weighted by Gasteiger charge is -2.31. The van der Waals surface area contributed by atoms with Gasteiger partial charge in [0.1, 0.15) is 6.54 Å². The van der Waals surface area contributed by atoms with Crippen molar-refractivity contribution >= 4 is 23.4 Å². The zero-order chi connectivity index (χ0) is 15.1. The average Bonchev–Trinajstić information content (AvgIpc) is 2.43. The monoisotopic (exact) mass is 328 g/mol. The number of nitrogens with one attached hydrogen (secondary N) is 1. The highest BCUT2D eigenvalue weighted by Crippen LogP contribution is 2.19. The molecular formula is C17H27ClNOS+. The van der Waals surface area contributed by atoms with Crippen molar-refractivity contribution in [1.82, 2.24) is 0 Å². The Morgan fingerprint density at radius 3 is 2.48 bits per heavy atom. The van der Waals surface area contributed by atoms with Crippen LogP contribution in [0.3, 0.4) is 0 Å². The summed E-state index contributed by atoms with van der Waals surface area (Å²) in [7, 11) is 0. The molecule has 1 unspecified atom stereocenters. The van der Waals surface area contributed by atoms with Gasteiger partial charge in [0.05, 0.1) is 26.3 Å². The summed E-state index contributed by atoms with van der Waals surface area (Å²) in [4.78, 5) is 2.97. The highest BCUT2D eigenvalue weighted by atomic mass is 35.5. The molecule has 0 amide bonds. The SMILES string of the molecule is C[C@@H]1C[C@H](C)C[NH+](CCOCCSc2ccc(Cl)cc2)C1. The maximum Gasteiger partial charge on any atom is 0.101 e. The molecule has 0 radical (unpaired) electrons. The van der Waals surface area contributed by atoms with Crippen molar-refractivity contribution in [3.63, 3.8) is 0 Å². The van der Waals surface area contributed by atoms with Crippen LogP contribution in [0.5, 0.6) is 0 Å². The van der Waals surface area contributed by atoms with Gasteiger partial charge in [-0.15, -0.1) is 11.8 Å². The number of likely N-dealkylation sites (tertiary alicyclic amines) is 1. The summed E-state index contributed by atoms with van der Waals surface area (Å²) in [6, 6.07) is 8.00. The lowest BCUT2D eigenvalue weighted by molar-refractivity contribution is -0.912. The number of quaternary nitrogens is 1. The van der Waals surface area contributed by atoms with Gasteiger partial charge in [0.15, 0.2) is 0 Å². The van der Waals surface area contributed by atoms with E-state index in [9.17, 15) is 0 Å². The Morgan fingerprint density at radius 2 is 1.81 bits per heavy atom. The topological polar surface area (TPSA) is 13.7 Å². The fourth-order valence-electron chi connectivity index (χ4n) is 3.19. The largest absolute Gasteiger partial charge is 0.375 e. The molecule has 1 aliphatic heterocycles. The fraction of sp³-hybridized carbons (Fsp3) is 0.647. The second-order valence-electron chi connectivity index (χ2n) is 6.27. The zero-order valence-corrected chi connectivity index (χ0v) is 14.7. The Bertz CT molecular complexity index is 402. The van der Waals surface area contributed by atoms with Crippen molar-refractivity contribution in [2.75, 3.05) is 38.6 Å². The van der Waals surface area contributed by atoms with Crippen LogP contribution in [-0.2, 0) is 4.74 Å². The molecular weight excluding hydrogens is 302 g/mol. The molecule has 1 saturated heterocycles. The van der Waals surface area contributed by atoms with Gasteiger partial charge >= 0.3 is 0 Å². The lowest BCUT2D eigenvalue weighted by atomic mass is 9.92. The van der Waals surface area contributed by atoms with E-state index in [1.165, 1.54) is 24.4 Å². The molecule has 1 aliphatic rings. The third kappa shape index (κ3) is 6.60. The quantitative estimate of drug-likeness (QED) is 0.610. The van der Waals surface area contributed by atoms with Crippen molar-refractivity contribution in [3.8, 4) is 0 Å². The molecule has 1 aromatic rings. The molecule has 0 saturated carbocycles. The number of hydrogen-bond acceptors (Lipinski definition) is 2. The number of piperidine rings is 1. The van der Waals surface area contributed by atoms with E-state index in [0.29, 0.717) is 0 Å². The second kappa shape index (κ2) is 9.04. The summed E-state index contributed by atoms with van der Waals surface area (Å²) < 4.78 is 5.78. The average molecular weight is 329 g/mol. The molecule has 1 N–H and O–H groups in total. The standard InChI is InChI=1S/C17H26ClNOS/c1-14-11-15(2)13-19(12-14)7-8-20-9-10-21-17-5-3-16(18)4-6-17/h3-6,14-15H,7-13H2,1-2H3/p+1/t14-,15+. The Labute approximate surface area is 138 Å². The van der Waals surface area contributed by atoms with E-state index in [-0.39, 0.29) is 0 Å². The maximum absolute atomic E-state index is 5.87. The van der Waals surface area contributed by atoms with E-state index >= 15 is 0 Å². The van der Waals surface area contributed by atoms with E-state index in [2.05, 4.69) is 26.0 Å². The summed E-state index contributed by atoms with van der Waals surface area (Å²) in [6.07, 6.45) is 1.39. The van der Waals surface area contributed by atoms with Gasteiger partial charge in [0.2, 0.25) is 0 Å². The minimum Gasteiger partial charge on any atom is -0.375 e. The Balaban J connectivity index is 1.53. The van der Waals surface area contributed by atoms with Gasteiger partial charge in [0, 0.05) is 27.5 Å². The fourth-order valence-corrected chi connectivity index (χ4v) is 4.09. The van der Waals surface area contributed by atoms with Crippen molar-refractivity contribution in [1.29, 1.82) is 0 Å². The van der Waals surface area contributed by atoms with Gasteiger partial charge in [-0.3, -0.25) is 0 Å². The van der Waals surface area contributed by atoms with Crippen LogP contribution < -0.4 is 4.90 Å². The third-order valence-electron chi connectivity index (χ3n) is 3.99. The third-order valence-corrected chi connectivity index (χ3v) is 5.22. The van der Waals surface area contributed by atoms with Crippen LogP contribution in [0.25, 0.3) is 0 Å². The molecule has 4 heteroatoms. The minimum absolute atomic E-state index is 0.795. The smallest absolute Gasteiger partial charge is 0.101 e. The molecule has 1 heterocycles. The Morgan fingerprint density at radius 1 is 1.14 bits per heavy atom. The molecule has 2 rings (SSSR count). The number of hydrogen-bond donors (Lipinski definition) is 1. The zero-order valence-electron chi connectivity index (χ0n) is 13.1. The maximum atomic E-state index is 5.87. The first-order valence-electron chi connectivity index (χ1n) is 7.93. The summed E-state index contributed by atoms with van der Waals surface area (Å²) in [5, 5.41) is 0.795. The minimum atomic E-state index is 0.795. The van der Waals surface area contributed by atoms with Crippen LogP contribution in [0.4, 0.5) is 0 Å². The van der Waals surface area contributed by atoms with Crippen molar-refractivity contribution in [3.05, 3.63) is 29.3 Å². The Kier molecular flexibility index (Phi) is 7.38. The predicted octanol–water partition coefficient (Wildman–Crippen LogP) is 3.01. The molecule has 0 aliphatic carbocycles. The van der Waals surface area contributed by atoms with E-state index in [4.69, 9.17) is 16.3 Å². The normalized spacial score (nSPS) is 26.0. The number of benzene rings is 1. The molecule has 21 heavy (non-hydrogen) atoms. The van der Waals surface area contributed by atoms with Gasteiger partial charge in [-0.2, -0.15) is 0 Å². The van der Waals surface area contributed by atoms with Crippen molar-refractivity contribution < 1.29 is 9.64 Å². The summed E-state index contributed by atoms with van der Waals surface area (Å²) >= 11 is 7.70. The first-order chi connectivity index (χ1) is 10.1. The van der Waals surface area contributed by atoms with Gasteiger partial charge in [-0.25, -0.2) is 0 Å². The van der Waals surface area contributed by atoms with Crippen LogP contribution in [0.2, 0.25) is 5.02 Å². The number of thioether (sulfide) groups is 1. The lowest BCUT2D eigenvalue weighted by Crippen LogP contribution is -3.14. The van der Waals surface area contributed by atoms with Gasteiger partial charge < -0.3 is 9.64 Å². The number of rotatable bonds is 7. The van der Waals surface area contributed by atoms with E-state index in [1.807, 2.05) is 23.9 Å². The van der Waals surface area contributed by atoms with E-state index in [0.717, 1.165) is 42.4 Å². The molecule has 118 valence electrons. The second-order valence-corrected chi connectivity index (χ2v) is 7.87. The van der Waals surface area contributed by atoms with E-state index in [1.54, 1.807) is 4.90 Å². The Hall–Kier alpha value is -0.220. The first kappa shape index (κ1) is 17.1. The molecule has 0 spiro atoms. The molecule has 1 fully saturated rings. The highest BCUT2D eigenvalue weighted by molar-refractivity contribution is 7.99. The van der Waals surface area contributed by atoms with Gasteiger partial charge in [-0.05, 0) is 30.7 Å². The summed E-state index contributed by atoms with van der Waals surface area (Å²) in [5.41, 5.74) is 0. The highest BCUT2D eigenvalue weighted by Gasteiger charge is 2.24. The van der Waals surface area contributed by atoms with Crippen molar-refractivity contribution in [2.24, 2.45) is 11.8 Å². The van der Waals surface area contributed by atoms with Crippen LogP contribution in [0.1, 0.15) is 20.3 Å². The van der Waals surface area contributed by atoms with Crippen LogP contribution in [0.15, 0.2) is 29.2 Å². The molecule has 0 bridgehead atoms. The summed E-state index contributed by atoms with van der Waals surface area (Å²) in [6.45, 7) is 10.2. The van der Waals surface area contributed by atoms with Gasteiger partial charge in [0.25, 0.3) is 0 Å². The first-order valence-corrected chi connectivity index (χ1v) is 9.29. The molecule has 1 aromatic carbocycles. The summed E-state index contributed by atoms with van der Waals surface area (Å²) in [5.74, 6) is 2.73. The van der Waals surface area contributed by atoms with Gasteiger partial charge in [-0.1, -0.05) is 25.4 Å². The van der Waals surface area contributed by atoms with Crippen molar-refractivity contribution in [2.45, 2.75) is 25.2 Å². The van der Waals surface area contributed by atoms with Crippen LogP contribution >= 0.6 is 23.4 Å².